The van der Waals surface area contributed by atoms with Crippen LogP contribution in [0.25, 0.3) is 0 Å². The monoisotopic (exact) mass is 386 g/mol. The lowest BCUT2D eigenvalue weighted by molar-refractivity contribution is -0.384. The second-order valence-electron chi connectivity index (χ2n) is 5.39. The van der Waals surface area contributed by atoms with Crippen LogP contribution in [0.15, 0.2) is 47.6 Å². The molecule has 0 atom stereocenters. The predicted molar refractivity (Wildman–Crippen MR) is 101 cm³/mol. The highest BCUT2D eigenvalue weighted by Gasteiger charge is 2.10. The van der Waals surface area contributed by atoms with Gasteiger partial charge in [-0.3, -0.25) is 19.7 Å². The fourth-order valence-electron chi connectivity index (χ4n) is 2.14. The van der Waals surface area contributed by atoms with E-state index in [1.807, 2.05) is 0 Å². The number of rotatable bonds is 8. The van der Waals surface area contributed by atoms with E-state index in [4.69, 9.17) is 9.47 Å². The number of hydrogen-bond donors (Lipinski definition) is 2. The van der Waals surface area contributed by atoms with Crippen LogP contribution in [0, 0.1) is 10.1 Å². The number of non-ortho nitro benzene ring substituents is 1. The first-order valence-electron chi connectivity index (χ1n) is 8.01. The average Bonchev–Trinajstić information content (AvgIpc) is 2.72. The number of carbonyl (C=O) groups is 2. The molecule has 0 fully saturated rings. The molecule has 10 heteroatoms. The molecular formula is C18H18N4O6. The number of nitro benzene ring substituents is 1. The topological polar surface area (TPSA) is 132 Å². The standard InChI is InChI=1S/C18H18N4O6/c1-27-15-8-5-13(16(9-15)28-2)10-20-21-17(23)11-19-18(24)12-3-6-14(7-4-12)22(25)26/h3-10H,11H2,1-2H3,(H,19,24)(H,21,23)/b20-10-. The van der Waals surface area contributed by atoms with Gasteiger partial charge in [0.1, 0.15) is 11.5 Å². The maximum atomic E-state index is 11.9. The number of hydrogen-bond acceptors (Lipinski definition) is 7. The molecule has 146 valence electrons. The molecule has 0 bridgehead atoms. The third kappa shape index (κ3) is 5.53. The number of nitrogens with zero attached hydrogens (tertiary/aromatic N) is 2. The average molecular weight is 386 g/mol. The van der Waals surface area contributed by atoms with Gasteiger partial charge in [0.25, 0.3) is 17.5 Å². The molecule has 2 aromatic carbocycles. The van der Waals surface area contributed by atoms with Crippen LogP contribution in [-0.4, -0.2) is 43.7 Å². The maximum absolute atomic E-state index is 11.9. The summed E-state index contributed by atoms with van der Waals surface area (Å²) in [6.45, 7) is -0.313. The normalized spacial score (nSPS) is 10.4. The number of amides is 2. The van der Waals surface area contributed by atoms with Gasteiger partial charge in [-0.25, -0.2) is 5.43 Å². The first-order valence-corrected chi connectivity index (χ1v) is 8.01. The molecular weight excluding hydrogens is 368 g/mol. The van der Waals surface area contributed by atoms with Crippen molar-refractivity contribution in [1.29, 1.82) is 0 Å². The lowest BCUT2D eigenvalue weighted by atomic mass is 10.2. The van der Waals surface area contributed by atoms with Gasteiger partial charge >= 0.3 is 0 Å². The zero-order valence-corrected chi connectivity index (χ0v) is 15.2. The zero-order valence-electron chi connectivity index (χ0n) is 15.2. The van der Waals surface area contributed by atoms with Crippen molar-refractivity contribution in [1.82, 2.24) is 10.7 Å². The largest absolute Gasteiger partial charge is 0.497 e. The zero-order chi connectivity index (χ0) is 20.5. The number of benzene rings is 2. The second-order valence-corrected chi connectivity index (χ2v) is 5.39. The van der Waals surface area contributed by atoms with E-state index < -0.39 is 16.7 Å². The van der Waals surface area contributed by atoms with Crippen LogP contribution in [0.2, 0.25) is 0 Å². The van der Waals surface area contributed by atoms with Crippen molar-refractivity contribution in [3.05, 3.63) is 63.7 Å². The molecule has 2 aromatic rings. The highest BCUT2D eigenvalue weighted by molar-refractivity contribution is 5.96. The van der Waals surface area contributed by atoms with Gasteiger partial charge in [0.2, 0.25) is 0 Å². The van der Waals surface area contributed by atoms with Gasteiger partial charge in [0.15, 0.2) is 0 Å². The molecule has 0 aliphatic rings. The molecule has 2 rings (SSSR count). The summed E-state index contributed by atoms with van der Waals surface area (Å²) in [4.78, 5) is 33.8. The van der Waals surface area contributed by atoms with E-state index in [1.165, 1.54) is 44.7 Å². The van der Waals surface area contributed by atoms with Crippen LogP contribution < -0.4 is 20.2 Å². The Kier molecular flexibility index (Phi) is 7.03. The molecule has 0 unspecified atom stereocenters. The van der Waals surface area contributed by atoms with Gasteiger partial charge in [-0.15, -0.1) is 0 Å². The number of ether oxygens (including phenoxy) is 2. The number of nitro groups is 1. The second kappa shape index (κ2) is 9.67. The minimum absolute atomic E-state index is 0.127. The molecule has 0 saturated carbocycles. The quantitative estimate of drug-likeness (QED) is 0.401. The summed E-state index contributed by atoms with van der Waals surface area (Å²) in [5, 5.41) is 16.8. The van der Waals surface area contributed by atoms with Crippen LogP contribution in [0.4, 0.5) is 5.69 Å². The lowest BCUT2D eigenvalue weighted by Gasteiger charge is -2.07. The summed E-state index contributed by atoms with van der Waals surface area (Å²) in [5.41, 5.74) is 2.98. The van der Waals surface area contributed by atoms with E-state index in [9.17, 15) is 19.7 Å². The Labute approximate surface area is 160 Å². The molecule has 0 aliphatic heterocycles. The van der Waals surface area contributed by atoms with Gasteiger partial charge in [-0.1, -0.05) is 0 Å². The number of methoxy groups -OCH3 is 2. The lowest BCUT2D eigenvalue weighted by Crippen LogP contribution is -2.34. The highest BCUT2D eigenvalue weighted by Crippen LogP contribution is 2.22. The molecule has 0 aromatic heterocycles. The Morgan fingerprint density at radius 1 is 1.14 bits per heavy atom. The van der Waals surface area contributed by atoms with Gasteiger partial charge in [-0.2, -0.15) is 5.10 Å². The Bertz CT molecular complexity index is 895. The van der Waals surface area contributed by atoms with Crippen molar-refractivity contribution in [2.45, 2.75) is 0 Å². The van der Waals surface area contributed by atoms with Gasteiger partial charge < -0.3 is 14.8 Å². The van der Waals surface area contributed by atoms with Crippen LogP contribution in [0.3, 0.4) is 0 Å². The highest BCUT2D eigenvalue weighted by atomic mass is 16.6. The predicted octanol–water partition coefficient (Wildman–Crippen LogP) is 1.49. The van der Waals surface area contributed by atoms with E-state index in [1.54, 1.807) is 18.2 Å². The molecule has 2 amide bonds. The summed E-state index contributed by atoms with van der Waals surface area (Å²) in [5.74, 6) is 0.0562. The molecule has 10 nitrogen and oxygen atoms in total. The molecule has 28 heavy (non-hydrogen) atoms. The summed E-state index contributed by atoms with van der Waals surface area (Å²) >= 11 is 0. The molecule has 0 aliphatic carbocycles. The van der Waals surface area contributed by atoms with Crippen LogP contribution in [0.1, 0.15) is 15.9 Å². The molecule has 0 spiro atoms. The van der Waals surface area contributed by atoms with Crippen molar-refractivity contribution in [3.63, 3.8) is 0 Å². The smallest absolute Gasteiger partial charge is 0.269 e. The minimum Gasteiger partial charge on any atom is -0.497 e. The van der Waals surface area contributed by atoms with E-state index in [-0.39, 0.29) is 17.8 Å². The molecule has 0 saturated heterocycles. The Hall–Kier alpha value is -3.95. The van der Waals surface area contributed by atoms with Gasteiger partial charge in [0, 0.05) is 29.3 Å². The molecule has 0 heterocycles. The summed E-state index contributed by atoms with van der Waals surface area (Å²) in [6.07, 6.45) is 1.40. The summed E-state index contributed by atoms with van der Waals surface area (Å²) in [6, 6.07) is 10.1. The summed E-state index contributed by atoms with van der Waals surface area (Å²) < 4.78 is 10.3. The van der Waals surface area contributed by atoms with Crippen molar-refractivity contribution in [2.24, 2.45) is 5.10 Å². The van der Waals surface area contributed by atoms with Crippen LogP contribution >= 0.6 is 0 Å². The summed E-state index contributed by atoms with van der Waals surface area (Å²) in [7, 11) is 3.03. The Morgan fingerprint density at radius 3 is 2.46 bits per heavy atom. The number of carbonyl (C=O) groups excluding carboxylic acids is 2. The fourth-order valence-corrected chi connectivity index (χ4v) is 2.14. The maximum Gasteiger partial charge on any atom is 0.269 e. The van der Waals surface area contributed by atoms with E-state index in [2.05, 4.69) is 15.8 Å². The third-order valence-corrected chi connectivity index (χ3v) is 3.58. The number of hydrazone groups is 1. The Balaban J connectivity index is 1.86. The SMILES string of the molecule is COc1ccc(/C=N\NC(=O)CNC(=O)c2ccc([N+](=O)[O-])cc2)c(OC)c1. The first kappa shape index (κ1) is 20.4. The molecule has 2 N–H and O–H groups in total. The minimum atomic E-state index is -0.565. The van der Waals surface area contributed by atoms with Crippen molar-refractivity contribution >= 4 is 23.7 Å². The fraction of sp³-hybridized carbons (Fsp3) is 0.167. The van der Waals surface area contributed by atoms with Crippen LogP contribution in [0.5, 0.6) is 11.5 Å². The van der Waals surface area contributed by atoms with Gasteiger partial charge in [-0.05, 0) is 24.3 Å². The van der Waals surface area contributed by atoms with Crippen LogP contribution in [-0.2, 0) is 4.79 Å². The van der Waals surface area contributed by atoms with Gasteiger partial charge in [0.05, 0.1) is 31.9 Å². The van der Waals surface area contributed by atoms with E-state index in [0.29, 0.717) is 17.1 Å². The van der Waals surface area contributed by atoms with Crippen molar-refractivity contribution in [3.8, 4) is 11.5 Å². The number of nitrogens with one attached hydrogen (secondary N) is 2. The molecule has 0 radical (unpaired) electrons. The van der Waals surface area contributed by atoms with E-state index >= 15 is 0 Å². The van der Waals surface area contributed by atoms with Crippen molar-refractivity contribution in [2.75, 3.05) is 20.8 Å². The van der Waals surface area contributed by atoms with Crippen molar-refractivity contribution < 1.29 is 24.0 Å². The van der Waals surface area contributed by atoms with E-state index in [0.717, 1.165) is 0 Å². The first-order chi connectivity index (χ1) is 13.4. The third-order valence-electron chi connectivity index (χ3n) is 3.58. The Morgan fingerprint density at radius 2 is 1.86 bits per heavy atom.